The quantitative estimate of drug-likeness (QED) is 0.842. The highest BCUT2D eigenvalue weighted by Crippen LogP contribution is 2.26. The zero-order valence-electron chi connectivity index (χ0n) is 9.42. The van der Waals surface area contributed by atoms with Crippen LogP contribution in [0.4, 0.5) is 5.82 Å². The van der Waals surface area contributed by atoms with E-state index in [1.165, 1.54) is 0 Å². The van der Waals surface area contributed by atoms with Crippen LogP contribution in [0.25, 0.3) is 5.69 Å². The summed E-state index contributed by atoms with van der Waals surface area (Å²) in [6.07, 6.45) is 1.76. The van der Waals surface area contributed by atoms with E-state index in [9.17, 15) is 5.26 Å². The largest absolute Gasteiger partial charge is 0.382 e. The second kappa shape index (κ2) is 4.93. The summed E-state index contributed by atoms with van der Waals surface area (Å²) in [5.41, 5.74) is 6.99. The molecular formula is C12H12N4S. The maximum atomic E-state index is 9.26. The van der Waals surface area contributed by atoms with Crippen molar-refractivity contribution >= 4 is 17.6 Å². The van der Waals surface area contributed by atoms with Gasteiger partial charge in [-0.3, -0.25) is 0 Å². The van der Waals surface area contributed by atoms with E-state index in [-0.39, 0.29) is 0 Å². The predicted molar refractivity (Wildman–Crippen MR) is 69.1 cm³/mol. The van der Waals surface area contributed by atoms with Gasteiger partial charge in [-0.15, -0.1) is 11.8 Å². The van der Waals surface area contributed by atoms with Crippen LogP contribution in [0.15, 0.2) is 35.4 Å². The number of thioether (sulfide) groups is 1. The smallest absolute Gasteiger partial charge is 0.145 e. The molecule has 0 atom stereocenters. The van der Waals surface area contributed by atoms with Crippen LogP contribution >= 0.6 is 11.8 Å². The number of benzene rings is 1. The van der Waals surface area contributed by atoms with Crippen molar-refractivity contribution in [3.63, 3.8) is 0 Å². The summed E-state index contributed by atoms with van der Waals surface area (Å²) in [7, 11) is 0. The average Bonchev–Trinajstić information content (AvgIpc) is 2.76. The second-order valence-electron chi connectivity index (χ2n) is 3.38. The molecule has 2 aromatic rings. The molecule has 4 nitrogen and oxygen atoms in total. The number of aromatic nitrogens is 2. The van der Waals surface area contributed by atoms with E-state index in [4.69, 9.17) is 5.73 Å². The van der Waals surface area contributed by atoms with Crippen molar-refractivity contribution in [3.05, 3.63) is 36.0 Å². The number of nitrogens with zero attached hydrogens (tertiary/aromatic N) is 3. The Bertz CT molecular complexity index is 568. The lowest BCUT2D eigenvalue weighted by molar-refractivity contribution is 0.878. The normalized spacial score (nSPS) is 10.1. The second-order valence-corrected chi connectivity index (χ2v) is 4.69. The van der Waals surface area contributed by atoms with Crippen molar-refractivity contribution in [1.82, 2.24) is 9.78 Å². The van der Waals surface area contributed by atoms with Gasteiger partial charge in [0.1, 0.15) is 11.9 Å². The highest BCUT2D eigenvalue weighted by Gasteiger charge is 2.10. The van der Waals surface area contributed by atoms with Crippen molar-refractivity contribution < 1.29 is 0 Å². The summed E-state index contributed by atoms with van der Waals surface area (Å²) < 4.78 is 1.63. The molecule has 2 N–H and O–H groups in total. The first-order valence-electron chi connectivity index (χ1n) is 5.23. The van der Waals surface area contributed by atoms with E-state index < -0.39 is 0 Å². The van der Waals surface area contributed by atoms with Crippen LogP contribution < -0.4 is 5.73 Å². The van der Waals surface area contributed by atoms with Crippen LogP contribution in [0.2, 0.25) is 0 Å². The molecule has 1 aromatic carbocycles. The van der Waals surface area contributed by atoms with Gasteiger partial charge in [-0.2, -0.15) is 10.4 Å². The van der Waals surface area contributed by atoms with E-state index in [0.29, 0.717) is 11.4 Å². The molecule has 0 unspecified atom stereocenters. The average molecular weight is 244 g/mol. The van der Waals surface area contributed by atoms with Gasteiger partial charge in [-0.25, -0.2) is 4.68 Å². The third-order valence-corrected chi connectivity index (χ3v) is 3.21. The molecule has 0 aliphatic rings. The maximum absolute atomic E-state index is 9.26. The summed E-state index contributed by atoms with van der Waals surface area (Å²) in [4.78, 5) is 0.974. The Balaban J connectivity index is 2.54. The van der Waals surface area contributed by atoms with Gasteiger partial charge in [0.25, 0.3) is 0 Å². The number of rotatable bonds is 3. The standard InChI is InChI=1S/C12H12N4S/c1-2-17-11-5-3-4-10(9(11)8-13)16-7-6-12(14)15-16/h3-7H,2H2,1H3,(H2,14,15). The first-order chi connectivity index (χ1) is 8.26. The Morgan fingerprint density at radius 1 is 1.47 bits per heavy atom. The lowest BCUT2D eigenvalue weighted by atomic mass is 10.2. The van der Waals surface area contributed by atoms with E-state index in [2.05, 4.69) is 18.1 Å². The van der Waals surface area contributed by atoms with Crippen LogP contribution in [0.3, 0.4) is 0 Å². The molecule has 0 spiro atoms. The predicted octanol–water partition coefficient (Wildman–Crippen LogP) is 2.44. The van der Waals surface area contributed by atoms with Crippen molar-refractivity contribution in [2.45, 2.75) is 11.8 Å². The molecule has 0 aliphatic heterocycles. The highest BCUT2D eigenvalue weighted by molar-refractivity contribution is 7.99. The first-order valence-corrected chi connectivity index (χ1v) is 6.22. The fourth-order valence-corrected chi connectivity index (χ4v) is 2.35. The van der Waals surface area contributed by atoms with Crippen LogP contribution in [0.1, 0.15) is 12.5 Å². The Morgan fingerprint density at radius 3 is 2.88 bits per heavy atom. The molecule has 17 heavy (non-hydrogen) atoms. The van der Waals surface area contributed by atoms with Crippen LogP contribution in [0.5, 0.6) is 0 Å². The molecule has 0 saturated carbocycles. The molecular weight excluding hydrogens is 232 g/mol. The molecule has 0 aliphatic carbocycles. The van der Waals surface area contributed by atoms with Crippen LogP contribution in [-0.2, 0) is 0 Å². The van der Waals surface area contributed by atoms with Gasteiger partial charge in [0.2, 0.25) is 0 Å². The summed E-state index contributed by atoms with van der Waals surface area (Å²) in [5.74, 6) is 1.38. The topological polar surface area (TPSA) is 67.6 Å². The summed E-state index contributed by atoms with van der Waals surface area (Å²) in [5, 5.41) is 13.4. The van der Waals surface area contributed by atoms with Crippen molar-refractivity contribution in [3.8, 4) is 11.8 Å². The molecule has 0 bridgehead atoms. The lowest BCUT2D eigenvalue weighted by Gasteiger charge is -2.08. The van der Waals surface area contributed by atoms with E-state index in [0.717, 1.165) is 16.3 Å². The van der Waals surface area contributed by atoms with Gasteiger partial charge in [-0.1, -0.05) is 13.0 Å². The lowest BCUT2D eigenvalue weighted by Crippen LogP contribution is -2.00. The van der Waals surface area contributed by atoms with Crippen molar-refractivity contribution in [2.75, 3.05) is 11.5 Å². The minimum atomic E-state index is 0.447. The van der Waals surface area contributed by atoms with Crippen molar-refractivity contribution in [2.24, 2.45) is 0 Å². The fourth-order valence-electron chi connectivity index (χ4n) is 1.57. The molecule has 1 aromatic heterocycles. The summed E-state index contributed by atoms with van der Waals surface area (Å²) in [6.45, 7) is 2.06. The van der Waals surface area contributed by atoms with Crippen molar-refractivity contribution in [1.29, 1.82) is 5.26 Å². The number of anilines is 1. The maximum Gasteiger partial charge on any atom is 0.145 e. The van der Waals surface area contributed by atoms with Gasteiger partial charge in [0.05, 0.1) is 11.3 Å². The molecule has 0 saturated heterocycles. The van der Waals surface area contributed by atoms with Gasteiger partial charge in [0.15, 0.2) is 0 Å². The zero-order valence-corrected chi connectivity index (χ0v) is 10.2. The number of hydrogen-bond donors (Lipinski definition) is 1. The minimum Gasteiger partial charge on any atom is -0.382 e. The third kappa shape index (κ3) is 2.27. The number of nitriles is 1. The van der Waals surface area contributed by atoms with Gasteiger partial charge in [-0.05, 0) is 17.9 Å². The molecule has 0 amide bonds. The third-order valence-electron chi connectivity index (χ3n) is 2.27. The monoisotopic (exact) mass is 244 g/mol. The molecule has 86 valence electrons. The Labute approximate surface area is 104 Å². The Kier molecular flexibility index (Phi) is 3.35. The molecule has 1 heterocycles. The van der Waals surface area contributed by atoms with Crippen LogP contribution in [0, 0.1) is 11.3 Å². The van der Waals surface area contributed by atoms with E-state index in [1.54, 1.807) is 28.7 Å². The molecule has 0 radical (unpaired) electrons. The highest BCUT2D eigenvalue weighted by atomic mass is 32.2. The SMILES string of the molecule is CCSc1cccc(-n2ccc(N)n2)c1C#N. The number of hydrogen-bond acceptors (Lipinski definition) is 4. The van der Waals surface area contributed by atoms with E-state index in [1.807, 2.05) is 18.2 Å². The fraction of sp³-hybridized carbons (Fsp3) is 0.167. The number of nitrogen functional groups attached to an aromatic ring is 1. The summed E-state index contributed by atoms with van der Waals surface area (Å²) in [6, 6.07) is 9.68. The Morgan fingerprint density at radius 2 is 2.29 bits per heavy atom. The minimum absolute atomic E-state index is 0.447. The first kappa shape index (κ1) is 11.6. The van der Waals surface area contributed by atoms with Gasteiger partial charge in [0, 0.05) is 17.2 Å². The zero-order chi connectivity index (χ0) is 12.3. The van der Waals surface area contributed by atoms with Gasteiger partial charge < -0.3 is 5.73 Å². The van der Waals surface area contributed by atoms with Crippen LogP contribution in [-0.4, -0.2) is 15.5 Å². The molecule has 0 fully saturated rings. The molecule has 5 heteroatoms. The molecule has 2 rings (SSSR count). The van der Waals surface area contributed by atoms with Gasteiger partial charge >= 0.3 is 0 Å². The number of nitrogens with two attached hydrogens (primary N) is 1. The summed E-state index contributed by atoms with van der Waals surface area (Å²) >= 11 is 1.65. The Hall–Kier alpha value is -1.93. The van der Waals surface area contributed by atoms with E-state index >= 15 is 0 Å².